The zero-order chi connectivity index (χ0) is 12.3. The van der Waals surface area contributed by atoms with Gasteiger partial charge in [-0.15, -0.1) is 13.2 Å². The number of nitrogens with zero attached hydrogens (tertiary/aromatic N) is 1. The first-order valence-electron chi connectivity index (χ1n) is 3.97. The lowest BCUT2D eigenvalue weighted by Crippen LogP contribution is -2.18. The van der Waals surface area contributed by atoms with Crippen molar-refractivity contribution in [3.05, 3.63) is 15.2 Å². The Kier molecular flexibility index (Phi) is 4.19. The highest BCUT2D eigenvalue weighted by Crippen LogP contribution is 2.29. The Morgan fingerprint density at radius 1 is 1.50 bits per heavy atom. The monoisotopic (exact) mass is 349 g/mol. The van der Waals surface area contributed by atoms with Gasteiger partial charge >= 0.3 is 6.36 Å². The Balaban J connectivity index is 3.12. The van der Waals surface area contributed by atoms with Gasteiger partial charge in [0.05, 0.1) is 17.3 Å². The lowest BCUT2D eigenvalue weighted by Gasteiger charge is -2.12. The molecular weight excluding hydrogens is 342 g/mol. The van der Waals surface area contributed by atoms with Crippen LogP contribution in [0.4, 0.5) is 13.2 Å². The third kappa shape index (κ3) is 3.37. The quantitative estimate of drug-likeness (QED) is 0.850. The third-order valence-corrected chi connectivity index (χ3v) is 2.72. The molecule has 0 saturated heterocycles. The summed E-state index contributed by atoms with van der Waals surface area (Å²) in [6, 6.07) is 1.01. The average Bonchev–Trinajstić information content (AvgIpc) is 2.18. The van der Waals surface area contributed by atoms with E-state index in [1.54, 1.807) is 0 Å². The molecular formula is C8H7F3INO3. The maximum absolute atomic E-state index is 11.9. The highest BCUT2D eigenvalue weighted by molar-refractivity contribution is 14.1. The molecule has 0 aliphatic rings. The topological polar surface area (TPSA) is 51.6 Å². The highest BCUT2D eigenvalue weighted by Gasteiger charge is 2.32. The number of rotatable bonds is 3. The zero-order valence-electron chi connectivity index (χ0n) is 8.01. The predicted octanol–water partition coefficient (Wildman–Crippen LogP) is 2.09. The lowest BCUT2D eigenvalue weighted by molar-refractivity contribution is -0.276. The van der Waals surface area contributed by atoms with Gasteiger partial charge in [-0.3, -0.25) is 0 Å². The number of aliphatic hydroxyl groups excluding tert-OH is 1. The van der Waals surface area contributed by atoms with Gasteiger partial charge in [-0.2, -0.15) is 4.98 Å². The zero-order valence-corrected chi connectivity index (χ0v) is 10.2. The van der Waals surface area contributed by atoms with Crippen LogP contribution < -0.4 is 9.47 Å². The number of pyridine rings is 1. The minimum Gasteiger partial charge on any atom is -0.480 e. The van der Waals surface area contributed by atoms with Crippen molar-refractivity contribution in [3.63, 3.8) is 0 Å². The van der Waals surface area contributed by atoms with Crippen LogP contribution in [0.15, 0.2) is 6.07 Å². The van der Waals surface area contributed by atoms with Crippen molar-refractivity contribution in [2.45, 2.75) is 13.0 Å². The molecule has 0 aromatic carbocycles. The van der Waals surface area contributed by atoms with Crippen LogP contribution in [-0.2, 0) is 6.61 Å². The number of aromatic nitrogens is 1. The van der Waals surface area contributed by atoms with Crippen molar-refractivity contribution in [2.24, 2.45) is 0 Å². The van der Waals surface area contributed by atoms with Crippen LogP contribution in [0.1, 0.15) is 5.56 Å². The van der Waals surface area contributed by atoms with Crippen LogP contribution in [0, 0.1) is 3.57 Å². The number of ether oxygens (including phenoxy) is 2. The van der Waals surface area contributed by atoms with Gasteiger partial charge in [0, 0.05) is 11.6 Å². The number of hydrogen-bond donors (Lipinski definition) is 1. The van der Waals surface area contributed by atoms with E-state index in [1.807, 2.05) is 22.6 Å². The predicted molar refractivity (Wildman–Crippen MR) is 56.1 cm³/mol. The summed E-state index contributed by atoms with van der Waals surface area (Å²) in [6.07, 6.45) is -4.82. The van der Waals surface area contributed by atoms with Crippen LogP contribution in [0.5, 0.6) is 11.8 Å². The van der Waals surface area contributed by atoms with Crippen LogP contribution in [0.2, 0.25) is 0 Å². The molecule has 1 rings (SSSR count). The number of alkyl halides is 3. The molecule has 1 heterocycles. The van der Waals surface area contributed by atoms with E-state index in [0.717, 1.165) is 6.07 Å². The fraction of sp³-hybridized carbons (Fsp3) is 0.375. The first kappa shape index (κ1) is 13.3. The molecule has 4 nitrogen and oxygen atoms in total. The van der Waals surface area contributed by atoms with Gasteiger partial charge in [-0.25, -0.2) is 0 Å². The Morgan fingerprint density at radius 2 is 2.12 bits per heavy atom. The molecule has 0 atom stereocenters. The number of halogens is 4. The summed E-state index contributed by atoms with van der Waals surface area (Å²) in [7, 11) is 1.27. The summed E-state index contributed by atoms with van der Waals surface area (Å²) in [5, 5.41) is 8.94. The molecule has 0 amide bonds. The largest absolute Gasteiger partial charge is 0.574 e. The van der Waals surface area contributed by atoms with E-state index in [0.29, 0.717) is 3.57 Å². The molecule has 0 spiro atoms. The lowest BCUT2D eigenvalue weighted by atomic mass is 10.3. The van der Waals surface area contributed by atoms with Gasteiger partial charge in [0.2, 0.25) is 11.8 Å². The van der Waals surface area contributed by atoms with E-state index < -0.39 is 18.8 Å². The molecule has 0 fully saturated rings. The fourth-order valence-electron chi connectivity index (χ4n) is 0.952. The van der Waals surface area contributed by atoms with Crippen LogP contribution in [0.25, 0.3) is 0 Å². The second kappa shape index (κ2) is 5.04. The molecule has 0 saturated carbocycles. The minimum atomic E-state index is -4.82. The molecule has 0 aliphatic heterocycles. The van der Waals surface area contributed by atoms with Gasteiger partial charge in [0.25, 0.3) is 0 Å². The molecule has 1 aromatic heterocycles. The van der Waals surface area contributed by atoms with Gasteiger partial charge < -0.3 is 14.6 Å². The van der Waals surface area contributed by atoms with E-state index in [9.17, 15) is 13.2 Å². The second-order valence-electron chi connectivity index (χ2n) is 2.65. The SMILES string of the molecule is COc1nc(OC(F)(F)F)cc(CO)c1I. The number of methoxy groups -OCH3 is 1. The number of aliphatic hydroxyl groups is 1. The Hall–Kier alpha value is -0.770. The van der Waals surface area contributed by atoms with E-state index >= 15 is 0 Å². The summed E-state index contributed by atoms with van der Waals surface area (Å²) < 4.78 is 44.7. The second-order valence-corrected chi connectivity index (χ2v) is 3.73. The smallest absolute Gasteiger partial charge is 0.480 e. The van der Waals surface area contributed by atoms with Gasteiger partial charge in [-0.05, 0) is 22.6 Å². The van der Waals surface area contributed by atoms with Crippen molar-refractivity contribution >= 4 is 22.6 Å². The van der Waals surface area contributed by atoms with Crippen molar-refractivity contribution in [3.8, 4) is 11.8 Å². The van der Waals surface area contributed by atoms with Crippen LogP contribution in [0.3, 0.4) is 0 Å². The third-order valence-electron chi connectivity index (χ3n) is 1.56. The van der Waals surface area contributed by atoms with Crippen molar-refractivity contribution in [2.75, 3.05) is 7.11 Å². The summed E-state index contributed by atoms with van der Waals surface area (Å²) in [6.45, 7) is -0.425. The van der Waals surface area contributed by atoms with Crippen molar-refractivity contribution in [1.29, 1.82) is 0 Å². The van der Waals surface area contributed by atoms with Gasteiger partial charge in [0.1, 0.15) is 0 Å². The molecule has 90 valence electrons. The molecule has 16 heavy (non-hydrogen) atoms. The standard InChI is InChI=1S/C8H7F3INO3/c1-15-7-6(12)4(3-14)2-5(13-7)16-8(9,10)11/h2,14H,3H2,1H3. The van der Waals surface area contributed by atoms with E-state index in [-0.39, 0.29) is 11.4 Å². The molecule has 0 radical (unpaired) electrons. The summed E-state index contributed by atoms with van der Waals surface area (Å²) in [5.74, 6) is -0.680. The minimum absolute atomic E-state index is 0.0219. The molecule has 1 aromatic rings. The van der Waals surface area contributed by atoms with E-state index in [1.165, 1.54) is 7.11 Å². The molecule has 8 heteroatoms. The normalized spacial score (nSPS) is 11.4. The fourth-order valence-corrected chi connectivity index (χ4v) is 1.62. The molecule has 0 unspecified atom stereocenters. The summed E-state index contributed by atoms with van der Waals surface area (Å²) in [4.78, 5) is 3.50. The van der Waals surface area contributed by atoms with E-state index in [4.69, 9.17) is 9.84 Å². The summed E-state index contributed by atoms with van der Waals surface area (Å²) >= 11 is 1.81. The Morgan fingerprint density at radius 3 is 2.56 bits per heavy atom. The first-order valence-corrected chi connectivity index (χ1v) is 5.05. The number of hydrogen-bond acceptors (Lipinski definition) is 4. The van der Waals surface area contributed by atoms with E-state index in [2.05, 4.69) is 9.72 Å². The van der Waals surface area contributed by atoms with Gasteiger partial charge in [-0.1, -0.05) is 0 Å². The first-order chi connectivity index (χ1) is 7.37. The van der Waals surface area contributed by atoms with Crippen LogP contribution >= 0.6 is 22.6 Å². The van der Waals surface area contributed by atoms with Crippen LogP contribution in [-0.4, -0.2) is 23.6 Å². The maximum Gasteiger partial charge on any atom is 0.574 e. The maximum atomic E-state index is 11.9. The average molecular weight is 349 g/mol. The molecule has 1 N–H and O–H groups in total. The highest BCUT2D eigenvalue weighted by atomic mass is 127. The van der Waals surface area contributed by atoms with Gasteiger partial charge in [0.15, 0.2) is 0 Å². The van der Waals surface area contributed by atoms with Crippen molar-refractivity contribution < 1.29 is 27.8 Å². The Bertz CT molecular complexity index is 358. The summed E-state index contributed by atoms with van der Waals surface area (Å²) in [5.41, 5.74) is 0.256. The molecule has 0 aliphatic carbocycles. The van der Waals surface area contributed by atoms with Crippen molar-refractivity contribution in [1.82, 2.24) is 4.98 Å². The molecule has 0 bridgehead atoms. The Labute approximate surface area is 103 Å².